The zero-order chi connectivity index (χ0) is 22.5. The van der Waals surface area contributed by atoms with Gasteiger partial charge in [0.25, 0.3) is 0 Å². The van der Waals surface area contributed by atoms with Gasteiger partial charge in [-0.1, -0.05) is 121 Å². The molecule has 0 heterocycles. The lowest BCUT2D eigenvalue weighted by Gasteiger charge is -2.27. The Morgan fingerprint density at radius 2 is 0.875 bits per heavy atom. The summed E-state index contributed by atoms with van der Waals surface area (Å²) in [5.74, 6) is 0. The molecule has 0 aromatic heterocycles. The van der Waals surface area contributed by atoms with Gasteiger partial charge in [-0.25, -0.2) is 0 Å². The highest BCUT2D eigenvalue weighted by Crippen LogP contribution is 2.15. The zero-order valence-electron chi connectivity index (χ0n) is 18.4. The van der Waals surface area contributed by atoms with E-state index in [-0.39, 0.29) is 6.61 Å². The fourth-order valence-electron chi connectivity index (χ4n) is 3.12. The second-order valence-corrected chi connectivity index (χ2v) is 10.6. The summed E-state index contributed by atoms with van der Waals surface area (Å²) < 4.78 is 12.7. The summed E-state index contributed by atoms with van der Waals surface area (Å²) in [4.78, 5) is 0. The molecule has 0 bridgehead atoms. The van der Waals surface area contributed by atoms with Crippen LogP contribution >= 0.6 is 0 Å². The highest BCUT2D eigenvalue weighted by molar-refractivity contribution is 6.79. The van der Waals surface area contributed by atoms with Crippen LogP contribution in [0.2, 0.25) is 6.55 Å². The fraction of sp³-hybridized carbons (Fsp3) is 0.143. The molecule has 3 nitrogen and oxygen atoms in total. The lowest BCUT2D eigenvalue weighted by atomic mass is 10.2. The molecule has 1 N–H and O–H groups in total. The van der Waals surface area contributed by atoms with E-state index < -0.39 is 8.56 Å². The lowest BCUT2D eigenvalue weighted by molar-refractivity contribution is 0.170. The smallest absolute Gasteiger partial charge is 0.369 e. The van der Waals surface area contributed by atoms with E-state index in [4.69, 9.17) is 14.0 Å². The van der Waals surface area contributed by atoms with Crippen molar-refractivity contribution in [3.8, 4) is 0 Å². The van der Waals surface area contributed by atoms with Crippen molar-refractivity contribution < 1.29 is 14.0 Å². The Labute approximate surface area is 192 Å². The Morgan fingerprint density at radius 1 is 0.531 bits per heavy atom. The van der Waals surface area contributed by atoms with Crippen molar-refractivity contribution >= 4 is 13.7 Å². The van der Waals surface area contributed by atoms with Gasteiger partial charge in [-0.3, -0.25) is 0 Å². The van der Waals surface area contributed by atoms with Gasteiger partial charge in [-0.2, -0.15) is 0 Å². The summed E-state index contributed by atoms with van der Waals surface area (Å²) >= 11 is 0. The van der Waals surface area contributed by atoms with Gasteiger partial charge in [-0.05, 0) is 28.4 Å². The van der Waals surface area contributed by atoms with E-state index >= 15 is 0 Å². The van der Waals surface area contributed by atoms with Crippen molar-refractivity contribution in [1.82, 2.24) is 0 Å². The summed E-state index contributed by atoms with van der Waals surface area (Å²) in [6.45, 7) is 3.38. The molecule has 0 atom stereocenters. The maximum Gasteiger partial charge on any atom is 0.369 e. The van der Waals surface area contributed by atoms with E-state index in [1.807, 2.05) is 84.9 Å². The van der Waals surface area contributed by atoms with Crippen molar-refractivity contribution in [1.29, 1.82) is 0 Å². The van der Waals surface area contributed by atoms with E-state index in [9.17, 15) is 0 Å². The Morgan fingerprint density at radius 3 is 1.22 bits per heavy atom. The van der Waals surface area contributed by atoms with Crippen LogP contribution in [0.3, 0.4) is 0 Å². The van der Waals surface area contributed by atoms with Gasteiger partial charge in [0.15, 0.2) is 0 Å². The molecule has 0 radical (unpaired) electrons. The van der Waals surface area contributed by atoms with Gasteiger partial charge in [0, 0.05) is 0 Å². The Kier molecular flexibility index (Phi) is 9.41. The van der Waals surface area contributed by atoms with E-state index in [0.29, 0.717) is 13.2 Å². The molecule has 0 unspecified atom stereocenters. The molecular formula is C28H30O3Si. The average molecular weight is 443 g/mol. The SMILES string of the molecule is C[Si](OCc1ccccc1)(OCc1ccccc1)c1ccccc1.OCc1ccccc1. The van der Waals surface area contributed by atoms with Crippen molar-refractivity contribution in [2.45, 2.75) is 26.4 Å². The summed E-state index contributed by atoms with van der Waals surface area (Å²) in [5.41, 5.74) is 3.29. The molecule has 0 saturated carbocycles. The maximum absolute atomic E-state index is 8.54. The first-order valence-corrected chi connectivity index (χ1v) is 13.1. The number of rotatable bonds is 8. The predicted molar refractivity (Wildman–Crippen MR) is 133 cm³/mol. The molecule has 0 aliphatic heterocycles. The van der Waals surface area contributed by atoms with Gasteiger partial charge in [0.2, 0.25) is 0 Å². The minimum atomic E-state index is -2.49. The quantitative estimate of drug-likeness (QED) is 0.362. The molecule has 0 aliphatic carbocycles. The monoisotopic (exact) mass is 442 g/mol. The molecule has 0 spiro atoms. The third-order valence-electron chi connectivity index (χ3n) is 5.04. The van der Waals surface area contributed by atoms with Crippen LogP contribution in [-0.2, 0) is 28.7 Å². The van der Waals surface area contributed by atoms with E-state index in [1.165, 1.54) is 0 Å². The van der Waals surface area contributed by atoms with E-state index in [0.717, 1.165) is 21.9 Å². The third kappa shape index (κ3) is 7.59. The third-order valence-corrected chi connectivity index (χ3v) is 7.81. The number of benzene rings is 4. The molecule has 164 valence electrons. The zero-order valence-corrected chi connectivity index (χ0v) is 19.4. The second-order valence-electron chi connectivity index (χ2n) is 7.50. The summed E-state index contributed by atoms with van der Waals surface area (Å²) in [6.07, 6.45) is 0. The first-order chi connectivity index (χ1) is 15.7. The molecule has 0 fully saturated rings. The first-order valence-electron chi connectivity index (χ1n) is 10.8. The van der Waals surface area contributed by atoms with Crippen LogP contribution in [0.15, 0.2) is 121 Å². The number of hydrogen-bond acceptors (Lipinski definition) is 3. The van der Waals surface area contributed by atoms with Crippen LogP contribution in [0, 0.1) is 0 Å². The van der Waals surface area contributed by atoms with Crippen molar-refractivity contribution in [2.75, 3.05) is 0 Å². The largest absolute Gasteiger partial charge is 0.392 e. The molecule has 0 saturated heterocycles. The van der Waals surface area contributed by atoms with Gasteiger partial charge < -0.3 is 14.0 Å². The van der Waals surface area contributed by atoms with Crippen LogP contribution in [0.1, 0.15) is 16.7 Å². The second kappa shape index (κ2) is 12.7. The fourth-order valence-corrected chi connectivity index (χ4v) is 5.22. The van der Waals surface area contributed by atoms with Gasteiger partial charge in [0.05, 0.1) is 19.8 Å². The van der Waals surface area contributed by atoms with Crippen LogP contribution in [0.25, 0.3) is 0 Å². The van der Waals surface area contributed by atoms with Crippen LogP contribution in [0.5, 0.6) is 0 Å². The number of hydrogen-bond donors (Lipinski definition) is 1. The Balaban J connectivity index is 0.000000305. The summed E-state index contributed by atoms with van der Waals surface area (Å²) in [5, 5.41) is 9.69. The molecular weight excluding hydrogens is 412 g/mol. The lowest BCUT2D eigenvalue weighted by Crippen LogP contribution is -2.50. The Bertz CT molecular complexity index is 966. The molecule has 0 amide bonds. The minimum Gasteiger partial charge on any atom is -0.392 e. The maximum atomic E-state index is 8.54. The normalized spacial score (nSPS) is 10.8. The van der Waals surface area contributed by atoms with Crippen molar-refractivity contribution in [2.24, 2.45) is 0 Å². The topological polar surface area (TPSA) is 38.7 Å². The summed E-state index contributed by atoms with van der Waals surface area (Å²) in [6, 6.07) is 40.3. The Hall–Kier alpha value is -3.02. The van der Waals surface area contributed by atoms with E-state index in [1.54, 1.807) is 0 Å². The van der Waals surface area contributed by atoms with Gasteiger partial charge in [-0.15, -0.1) is 0 Å². The number of aliphatic hydroxyl groups excluding tert-OH is 1. The standard InChI is InChI=1S/C21H22O2Si.C7H8O/c1-24(21-15-9-4-10-16-21,22-17-19-11-5-2-6-12-19)23-18-20-13-7-3-8-14-20;8-6-7-4-2-1-3-5-7/h2-16H,17-18H2,1H3;1-5,8H,6H2. The minimum absolute atomic E-state index is 0.140. The molecule has 4 aromatic rings. The molecule has 4 rings (SSSR count). The van der Waals surface area contributed by atoms with Crippen molar-refractivity contribution in [3.05, 3.63) is 138 Å². The van der Waals surface area contributed by atoms with Crippen LogP contribution in [0.4, 0.5) is 0 Å². The molecule has 4 aromatic carbocycles. The first kappa shape index (κ1) is 23.6. The molecule has 4 heteroatoms. The van der Waals surface area contributed by atoms with Crippen LogP contribution in [-0.4, -0.2) is 13.7 Å². The summed E-state index contributed by atoms with van der Waals surface area (Å²) in [7, 11) is -2.49. The highest BCUT2D eigenvalue weighted by Gasteiger charge is 2.34. The van der Waals surface area contributed by atoms with Crippen molar-refractivity contribution in [3.63, 3.8) is 0 Å². The van der Waals surface area contributed by atoms with Gasteiger partial charge in [0.1, 0.15) is 0 Å². The van der Waals surface area contributed by atoms with Crippen LogP contribution < -0.4 is 5.19 Å². The average Bonchev–Trinajstić information content (AvgIpc) is 2.89. The van der Waals surface area contributed by atoms with Gasteiger partial charge >= 0.3 is 8.56 Å². The molecule has 32 heavy (non-hydrogen) atoms. The molecule has 0 aliphatic rings. The highest BCUT2D eigenvalue weighted by atomic mass is 28.4. The predicted octanol–water partition coefficient (Wildman–Crippen LogP) is 5.58. The van der Waals surface area contributed by atoms with E-state index in [2.05, 4.69) is 42.9 Å². The number of aliphatic hydroxyl groups is 1.